The van der Waals surface area contributed by atoms with E-state index in [0.717, 1.165) is 24.2 Å². The molecular weight excluding hydrogens is 538 g/mol. The van der Waals surface area contributed by atoms with Crippen molar-refractivity contribution in [2.75, 3.05) is 11.9 Å². The van der Waals surface area contributed by atoms with Gasteiger partial charge in [0.05, 0.1) is 23.1 Å². The lowest BCUT2D eigenvalue weighted by Gasteiger charge is -2.39. The van der Waals surface area contributed by atoms with Crippen molar-refractivity contribution in [1.29, 1.82) is 0 Å². The van der Waals surface area contributed by atoms with Gasteiger partial charge >= 0.3 is 0 Å². The minimum absolute atomic E-state index is 0.0623. The highest BCUT2D eigenvalue weighted by atomic mass is 32.1. The summed E-state index contributed by atoms with van der Waals surface area (Å²) in [5, 5.41) is 15.7. The van der Waals surface area contributed by atoms with E-state index in [1.54, 1.807) is 6.92 Å². The number of rotatable bonds is 8. The maximum absolute atomic E-state index is 14.3. The molecule has 4 rings (SSSR count). The van der Waals surface area contributed by atoms with Gasteiger partial charge in [-0.3, -0.25) is 9.59 Å². The molecule has 13 heteroatoms. The molecule has 8 nitrogen and oxygen atoms in total. The number of hydrogen-bond acceptors (Lipinski definition) is 7. The monoisotopic (exact) mass is 571 g/mol. The van der Waals surface area contributed by atoms with Gasteiger partial charge in [0.2, 0.25) is 0 Å². The summed E-state index contributed by atoms with van der Waals surface area (Å²) in [6.07, 6.45) is 0.449. The van der Waals surface area contributed by atoms with Crippen LogP contribution >= 0.6 is 11.3 Å². The van der Waals surface area contributed by atoms with Crippen LogP contribution in [0.3, 0.4) is 0 Å². The molecular formula is C26H33F4N5O3S. The number of carbonyl (C=O) groups is 2. The molecule has 214 valence electrons. The van der Waals surface area contributed by atoms with Crippen LogP contribution in [-0.2, 0) is 0 Å². The minimum atomic E-state index is -3.10. The topological polar surface area (TPSA) is 107 Å². The van der Waals surface area contributed by atoms with E-state index >= 15 is 0 Å². The van der Waals surface area contributed by atoms with Crippen molar-refractivity contribution in [3.63, 3.8) is 0 Å². The first kappa shape index (κ1) is 29.2. The summed E-state index contributed by atoms with van der Waals surface area (Å²) in [5.41, 5.74) is -2.44. The highest BCUT2D eigenvalue weighted by Gasteiger charge is 2.46. The van der Waals surface area contributed by atoms with Gasteiger partial charge in [-0.15, -0.1) is 11.3 Å². The van der Waals surface area contributed by atoms with Crippen molar-refractivity contribution >= 4 is 29.0 Å². The van der Waals surface area contributed by atoms with Gasteiger partial charge in [0.1, 0.15) is 11.5 Å². The minimum Gasteiger partial charge on any atom is -0.388 e. The van der Waals surface area contributed by atoms with Crippen molar-refractivity contribution in [3.05, 3.63) is 28.5 Å². The average Bonchev–Trinajstić information content (AvgIpc) is 3.37. The predicted octanol–water partition coefficient (Wildman–Crippen LogP) is 5.26. The number of carbonyl (C=O) groups excluding carboxylic acids is 2. The van der Waals surface area contributed by atoms with Gasteiger partial charge in [-0.2, -0.15) is 0 Å². The molecule has 1 aliphatic carbocycles. The van der Waals surface area contributed by atoms with Gasteiger partial charge in [0.15, 0.2) is 5.01 Å². The normalized spacial score (nSPS) is 21.0. The third kappa shape index (κ3) is 6.19. The molecule has 1 unspecified atom stereocenters. The van der Waals surface area contributed by atoms with Gasteiger partial charge in [-0.25, -0.2) is 27.5 Å². The van der Waals surface area contributed by atoms with E-state index in [2.05, 4.69) is 20.6 Å². The Balaban J connectivity index is 1.77. The van der Waals surface area contributed by atoms with Crippen molar-refractivity contribution in [3.8, 4) is 10.4 Å². The summed E-state index contributed by atoms with van der Waals surface area (Å²) >= 11 is 0.694. The van der Waals surface area contributed by atoms with E-state index in [4.69, 9.17) is 0 Å². The number of thiazole rings is 1. The summed E-state index contributed by atoms with van der Waals surface area (Å²) in [6, 6.07) is -0.331. The Morgan fingerprint density at radius 3 is 2.46 bits per heavy atom. The lowest BCUT2D eigenvalue weighted by molar-refractivity contribution is 0.0118. The molecule has 0 aromatic carbocycles. The zero-order chi connectivity index (χ0) is 28.9. The van der Waals surface area contributed by atoms with Gasteiger partial charge in [0, 0.05) is 35.3 Å². The summed E-state index contributed by atoms with van der Waals surface area (Å²) in [5.74, 6) is -4.48. The van der Waals surface area contributed by atoms with Crippen LogP contribution in [-0.4, -0.2) is 67.5 Å². The van der Waals surface area contributed by atoms with E-state index in [-0.39, 0.29) is 32.5 Å². The molecule has 2 aromatic rings. The third-order valence-electron chi connectivity index (χ3n) is 7.52. The third-order valence-corrected chi connectivity index (χ3v) is 8.61. The highest BCUT2D eigenvalue weighted by molar-refractivity contribution is 7.17. The second kappa shape index (κ2) is 10.3. The number of halogens is 4. The number of pyridine rings is 1. The van der Waals surface area contributed by atoms with E-state index in [0.29, 0.717) is 11.3 Å². The van der Waals surface area contributed by atoms with Crippen molar-refractivity contribution < 1.29 is 32.3 Å². The van der Waals surface area contributed by atoms with E-state index in [9.17, 15) is 32.3 Å². The zero-order valence-electron chi connectivity index (χ0n) is 22.4. The smallest absolute Gasteiger partial charge is 0.280 e. The number of anilines is 1. The Hall–Kier alpha value is -2.80. The van der Waals surface area contributed by atoms with Crippen LogP contribution in [0.25, 0.3) is 10.4 Å². The summed E-state index contributed by atoms with van der Waals surface area (Å²) < 4.78 is 56.8. The van der Waals surface area contributed by atoms with Crippen molar-refractivity contribution in [2.24, 2.45) is 0 Å². The van der Waals surface area contributed by atoms with Gasteiger partial charge in [-0.1, -0.05) is 0 Å². The molecule has 2 aromatic heterocycles. The first-order valence-electron chi connectivity index (χ1n) is 12.8. The molecule has 3 N–H and O–H groups in total. The second-order valence-corrected chi connectivity index (χ2v) is 12.4. The number of amides is 2. The molecule has 2 amide bonds. The molecule has 1 saturated carbocycles. The Bertz CT molecular complexity index is 1260. The quantitative estimate of drug-likeness (QED) is 0.374. The predicted molar refractivity (Wildman–Crippen MR) is 139 cm³/mol. The molecule has 2 aliphatic rings. The van der Waals surface area contributed by atoms with Crippen LogP contribution in [0.15, 0.2) is 12.3 Å². The first-order chi connectivity index (χ1) is 18.0. The van der Waals surface area contributed by atoms with Crippen molar-refractivity contribution in [2.45, 2.75) is 95.9 Å². The van der Waals surface area contributed by atoms with Gasteiger partial charge in [-0.05, 0) is 59.9 Å². The highest BCUT2D eigenvalue weighted by Crippen LogP contribution is 2.41. The Labute approximate surface area is 228 Å². The van der Waals surface area contributed by atoms with Crippen LogP contribution in [0.2, 0.25) is 0 Å². The van der Waals surface area contributed by atoms with Crippen LogP contribution in [0, 0.1) is 0 Å². The maximum atomic E-state index is 14.3. The standard InChI is InChI=1S/C26H33F4N5O3S/c1-13-10-26(29,30)12-35(13)23(37)18-19(39-22(33-18)21(36)32-14(2)24(3,4)38)16-11-31-17(9-15(16)20(27)28)34-25(5)7-6-8-25/h9,11,13-14,20,38H,6-8,10,12H2,1-5H3,(H,31,34)(H,32,36)/t13-,14?/m0/s1. The van der Waals surface area contributed by atoms with E-state index in [1.807, 2.05) is 6.92 Å². The van der Waals surface area contributed by atoms with Crippen LogP contribution in [0.5, 0.6) is 0 Å². The average molecular weight is 572 g/mol. The summed E-state index contributed by atoms with van der Waals surface area (Å²) in [6.45, 7) is 7.16. The molecule has 3 heterocycles. The Morgan fingerprint density at radius 1 is 1.28 bits per heavy atom. The van der Waals surface area contributed by atoms with Crippen LogP contribution in [0.4, 0.5) is 23.4 Å². The molecule has 0 spiro atoms. The number of alkyl halides is 4. The number of nitrogens with one attached hydrogen (secondary N) is 2. The lowest BCUT2D eigenvalue weighted by atomic mass is 9.78. The molecule has 1 saturated heterocycles. The lowest BCUT2D eigenvalue weighted by Crippen LogP contribution is -2.47. The molecule has 39 heavy (non-hydrogen) atoms. The van der Waals surface area contributed by atoms with Crippen LogP contribution in [0.1, 0.15) is 92.6 Å². The van der Waals surface area contributed by atoms with Crippen LogP contribution < -0.4 is 10.6 Å². The number of nitrogens with zero attached hydrogens (tertiary/aromatic N) is 3. The fourth-order valence-corrected chi connectivity index (χ4v) is 5.64. The number of aliphatic hydroxyl groups is 1. The molecule has 0 radical (unpaired) electrons. The Morgan fingerprint density at radius 2 is 1.95 bits per heavy atom. The molecule has 0 bridgehead atoms. The Kier molecular flexibility index (Phi) is 7.71. The second-order valence-electron chi connectivity index (χ2n) is 11.4. The largest absolute Gasteiger partial charge is 0.388 e. The molecule has 2 atom stereocenters. The van der Waals surface area contributed by atoms with Gasteiger partial charge in [0.25, 0.3) is 24.2 Å². The molecule has 1 aliphatic heterocycles. The number of hydrogen-bond donors (Lipinski definition) is 3. The van der Waals surface area contributed by atoms with Gasteiger partial charge < -0.3 is 20.6 Å². The van der Waals surface area contributed by atoms with E-state index in [1.165, 1.54) is 33.0 Å². The maximum Gasteiger partial charge on any atom is 0.280 e. The fourth-order valence-electron chi connectivity index (χ4n) is 4.65. The summed E-state index contributed by atoms with van der Waals surface area (Å²) in [7, 11) is 0. The zero-order valence-corrected chi connectivity index (χ0v) is 23.3. The summed E-state index contributed by atoms with van der Waals surface area (Å²) in [4.78, 5) is 35.8. The number of aromatic nitrogens is 2. The number of likely N-dealkylation sites (tertiary alicyclic amines) is 1. The molecule has 2 fully saturated rings. The SMILES string of the molecule is CC(NC(=O)c1nc(C(=O)N2CC(F)(F)C[C@@H]2C)c(-c2cnc(NC3(C)CCC3)cc2C(F)F)s1)C(C)(C)O. The first-order valence-corrected chi connectivity index (χ1v) is 13.6. The van der Waals surface area contributed by atoms with Crippen molar-refractivity contribution in [1.82, 2.24) is 20.2 Å². The fraction of sp³-hybridized carbons (Fsp3) is 0.615. The van der Waals surface area contributed by atoms with E-state index < -0.39 is 60.4 Å².